The summed E-state index contributed by atoms with van der Waals surface area (Å²) < 4.78 is 25.8. The maximum Gasteiger partial charge on any atom is 0.229 e. The molecule has 0 spiro atoms. The summed E-state index contributed by atoms with van der Waals surface area (Å²) in [5, 5.41) is 6.34. The van der Waals surface area contributed by atoms with Crippen LogP contribution in [-0.2, 0) is 4.74 Å². The second kappa shape index (κ2) is 8.35. The number of halogens is 1. The second-order valence-corrected chi connectivity index (χ2v) is 6.78. The highest BCUT2D eigenvalue weighted by Gasteiger charge is 2.22. The Kier molecular flexibility index (Phi) is 5.48. The number of ether oxygens (including phenoxy) is 2. The van der Waals surface area contributed by atoms with Crippen molar-refractivity contribution in [3.05, 3.63) is 48.4 Å². The Labute approximate surface area is 157 Å². The van der Waals surface area contributed by atoms with Crippen molar-refractivity contribution in [2.24, 2.45) is 0 Å². The highest BCUT2D eigenvalue weighted by molar-refractivity contribution is 5.57. The lowest BCUT2D eigenvalue weighted by molar-refractivity contribution is 0.0440. The zero-order chi connectivity index (χ0) is 18.5. The molecule has 0 amide bonds. The molecule has 2 aromatic rings. The van der Waals surface area contributed by atoms with Gasteiger partial charge in [0, 0.05) is 17.8 Å². The molecule has 0 atom stereocenters. The molecular weight excluding hydrogens is 347 g/mol. The van der Waals surface area contributed by atoms with Crippen molar-refractivity contribution >= 4 is 17.5 Å². The highest BCUT2D eigenvalue weighted by Crippen LogP contribution is 2.26. The number of hydrogen-bond donors (Lipinski definition) is 2. The third kappa shape index (κ3) is 4.74. The lowest BCUT2D eigenvalue weighted by Crippen LogP contribution is -2.30. The first-order valence-electron chi connectivity index (χ1n) is 9.32. The molecule has 5 rings (SSSR count). The van der Waals surface area contributed by atoms with Crippen LogP contribution < -0.4 is 15.4 Å². The van der Waals surface area contributed by atoms with Gasteiger partial charge in [0.2, 0.25) is 5.95 Å². The number of nitrogens with zero attached hydrogens (tertiary/aromatic N) is 2. The third-order valence-corrected chi connectivity index (χ3v) is 4.79. The van der Waals surface area contributed by atoms with E-state index in [0.29, 0.717) is 19.2 Å². The van der Waals surface area contributed by atoms with Crippen molar-refractivity contribution in [1.29, 1.82) is 0 Å². The first kappa shape index (κ1) is 17.7. The van der Waals surface area contributed by atoms with Crippen LogP contribution in [-0.4, -0.2) is 35.3 Å². The topological polar surface area (TPSA) is 68.3 Å². The molecule has 3 heterocycles. The summed E-state index contributed by atoms with van der Waals surface area (Å²) in [6.45, 7) is 1.05. The molecule has 1 fully saturated rings. The van der Waals surface area contributed by atoms with Gasteiger partial charge in [-0.2, -0.15) is 4.98 Å². The lowest BCUT2D eigenvalue weighted by Gasteiger charge is -2.29. The lowest BCUT2D eigenvalue weighted by atomic mass is 9.93. The van der Waals surface area contributed by atoms with Crippen molar-refractivity contribution in [1.82, 2.24) is 9.97 Å². The van der Waals surface area contributed by atoms with Crippen LogP contribution in [0.5, 0.6) is 5.75 Å². The zero-order valence-electron chi connectivity index (χ0n) is 15.0. The molecule has 2 aliphatic heterocycles. The largest absolute Gasteiger partial charge is 0.489 e. The van der Waals surface area contributed by atoms with Crippen LogP contribution in [0.15, 0.2) is 42.6 Å². The Morgan fingerprint density at radius 3 is 2.81 bits per heavy atom. The highest BCUT2D eigenvalue weighted by atomic mass is 19.1. The van der Waals surface area contributed by atoms with Crippen molar-refractivity contribution in [2.45, 2.75) is 37.8 Å². The predicted molar refractivity (Wildman–Crippen MR) is 102 cm³/mol. The van der Waals surface area contributed by atoms with Gasteiger partial charge >= 0.3 is 0 Å². The normalized spacial score (nSPS) is 22.7. The predicted octanol–water partition coefficient (Wildman–Crippen LogP) is 4.05. The minimum absolute atomic E-state index is 0.188. The number of hydrogen-bond acceptors (Lipinski definition) is 6. The Bertz CT molecular complexity index is 806. The minimum Gasteiger partial charge on any atom is -0.489 e. The van der Waals surface area contributed by atoms with E-state index in [9.17, 15) is 4.39 Å². The van der Waals surface area contributed by atoms with Gasteiger partial charge < -0.3 is 20.1 Å². The van der Waals surface area contributed by atoms with Crippen LogP contribution in [0.3, 0.4) is 0 Å². The molecule has 0 radical (unpaired) electrons. The first-order valence-corrected chi connectivity index (χ1v) is 9.32. The van der Waals surface area contributed by atoms with E-state index in [1.54, 1.807) is 0 Å². The molecule has 1 saturated carbocycles. The Hall–Kier alpha value is -2.67. The van der Waals surface area contributed by atoms with E-state index in [2.05, 4.69) is 20.6 Å². The number of nitrogens with one attached hydrogen (secondary N) is 2. The van der Waals surface area contributed by atoms with Gasteiger partial charge in [-0.1, -0.05) is 12.1 Å². The fourth-order valence-electron chi connectivity index (χ4n) is 3.36. The Balaban J connectivity index is 1.58. The third-order valence-electron chi connectivity index (χ3n) is 4.79. The summed E-state index contributed by atoms with van der Waals surface area (Å²) in [5.41, 5.74) is 0.777. The number of aromatic nitrogens is 2. The van der Waals surface area contributed by atoms with E-state index in [-0.39, 0.29) is 18.0 Å². The van der Waals surface area contributed by atoms with Gasteiger partial charge in [0.25, 0.3) is 0 Å². The summed E-state index contributed by atoms with van der Waals surface area (Å²) in [4.78, 5) is 8.36. The molecule has 2 N–H and O–H groups in total. The van der Waals surface area contributed by atoms with E-state index in [4.69, 9.17) is 9.47 Å². The molecule has 0 unspecified atom stereocenters. The van der Waals surface area contributed by atoms with Gasteiger partial charge in [0.1, 0.15) is 12.4 Å². The van der Waals surface area contributed by atoms with E-state index < -0.39 is 5.82 Å². The standard InChI is InChI=1S/C20H23FN4O2/c21-18-13-22-20-24-15-4-3-5-17(12-15)27-11-2-1-10-26-16-8-6-14(7-9-16)23-19(18)25-20/h1-5,12-14,16H,6-11H2,(H2,22,23,24,25). The Morgan fingerprint density at radius 1 is 1.07 bits per heavy atom. The van der Waals surface area contributed by atoms with Gasteiger partial charge in [-0.05, 0) is 43.9 Å². The van der Waals surface area contributed by atoms with E-state index in [1.807, 2.05) is 36.4 Å². The zero-order valence-corrected chi connectivity index (χ0v) is 15.0. The van der Waals surface area contributed by atoms with Crippen molar-refractivity contribution in [3.8, 4) is 5.75 Å². The molecule has 6 nitrogen and oxygen atoms in total. The number of anilines is 3. The molecule has 6 bridgehead atoms. The first-order chi connectivity index (χ1) is 13.3. The summed E-state index contributed by atoms with van der Waals surface area (Å²) in [5.74, 6) is 0.851. The van der Waals surface area contributed by atoms with Gasteiger partial charge in [-0.15, -0.1) is 0 Å². The maximum atomic E-state index is 14.2. The number of rotatable bonds is 0. The average Bonchev–Trinajstić information content (AvgIpc) is 2.68. The molecule has 27 heavy (non-hydrogen) atoms. The quantitative estimate of drug-likeness (QED) is 0.682. The maximum absolute atomic E-state index is 14.2. The summed E-state index contributed by atoms with van der Waals surface area (Å²) >= 11 is 0. The second-order valence-electron chi connectivity index (χ2n) is 6.78. The molecule has 1 aliphatic carbocycles. The number of benzene rings is 1. The summed E-state index contributed by atoms with van der Waals surface area (Å²) in [6.07, 6.45) is 9.13. The fraction of sp³-hybridized carbons (Fsp3) is 0.400. The van der Waals surface area contributed by atoms with Crippen LogP contribution >= 0.6 is 0 Å². The SMILES string of the molecule is Fc1cnc2nc1NC1CCC(CC1)OCC=CCOc1cccc(c1)N2. The summed E-state index contributed by atoms with van der Waals surface area (Å²) in [6, 6.07) is 7.69. The van der Waals surface area contributed by atoms with Gasteiger partial charge in [0.15, 0.2) is 11.6 Å². The van der Waals surface area contributed by atoms with Crippen LogP contribution in [0.2, 0.25) is 0 Å². The number of fused-ring (bicyclic) bond motifs is 6. The van der Waals surface area contributed by atoms with Gasteiger partial charge in [0.05, 0.1) is 18.9 Å². The smallest absolute Gasteiger partial charge is 0.229 e. The van der Waals surface area contributed by atoms with E-state index >= 15 is 0 Å². The summed E-state index contributed by atoms with van der Waals surface area (Å²) in [7, 11) is 0. The fourth-order valence-corrected chi connectivity index (χ4v) is 3.36. The molecule has 142 valence electrons. The van der Waals surface area contributed by atoms with Crippen molar-refractivity contribution < 1.29 is 13.9 Å². The molecule has 1 aromatic carbocycles. The van der Waals surface area contributed by atoms with Crippen molar-refractivity contribution in [3.63, 3.8) is 0 Å². The molecule has 3 aliphatic rings. The minimum atomic E-state index is -0.449. The van der Waals surface area contributed by atoms with Crippen molar-refractivity contribution in [2.75, 3.05) is 23.8 Å². The van der Waals surface area contributed by atoms with Crippen LogP contribution in [0.4, 0.5) is 21.8 Å². The van der Waals surface area contributed by atoms with Crippen LogP contribution in [0.25, 0.3) is 0 Å². The molecular formula is C20H23FN4O2. The van der Waals surface area contributed by atoms with Gasteiger partial charge in [-0.25, -0.2) is 9.37 Å². The monoisotopic (exact) mass is 370 g/mol. The molecule has 7 heteroatoms. The molecule has 0 saturated heterocycles. The van der Waals surface area contributed by atoms with E-state index in [1.165, 1.54) is 6.20 Å². The Morgan fingerprint density at radius 2 is 1.93 bits per heavy atom. The van der Waals surface area contributed by atoms with Crippen LogP contribution in [0, 0.1) is 5.82 Å². The molecule has 1 aromatic heterocycles. The van der Waals surface area contributed by atoms with Crippen LogP contribution in [0.1, 0.15) is 25.7 Å². The average molecular weight is 370 g/mol. The van der Waals surface area contributed by atoms with Gasteiger partial charge in [-0.3, -0.25) is 0 Å². The van der Waals surface area contributed by atoms with E-state index in [0.717, 1.165) is 37.1 Å².